The van der Waals surface area contributed by atoms with Crippen LogP contribution in [-0.4, -0.2) is 37.9 Å². The van der Waals surface area contributed by atoms with Gasteiger partial charge in [-0.2, -0.15) is 5.26 Å². The van der Waals surface area contributed by atoms with Crippen LogP contribution in [0.4, 0.5) is 0 Å². The van der Waals surface area contributed by atoms with E-state index in [-0.39, 0.29) is 31.0 Å². The summed E-state index contributed by atoms with van der Waals surface area (Å²) in [5.74, 6) is -2.32. The van der Waals surface area contributed by atoms with Crippen LogP contribution in [0.2, 0.25) is 0 Å². The van der Waals surface area contributed by atoms with Crippen molar-refractivity contribution < 1.29 is 23.8 Å². The predicted octanol–water partition coefficient (Wildman–Crippen LogP) is 1.75. The maximum atomic E-state index is 12.9. The molecule has 0 amide bonds. The highest BCUT2D eigenvalue weighted by molar-refractivity contribution is 6.05. The van der Waals surface area contributed by atoms with Gasteiger partial charge in [0.25, 0.3) is 0 Å². The summed E-state index contributed by atoms with van der Waals surface area (Å²) >= 11 is 0. The largest absolute Gasteiger partial charge is 0.468 e. The fourth-order valence-corrected chi connectivity index (χ4v) is 4.51. The van der Waals surface area contributed by atoms with E-state index in [2.05, 4.69) is 0 Å². The first-order valence-electron chi connectivity index (χ1n) is 7.95. The van der Waals surface area contributed by atoms with Gasteiger partial charge < -0.3 is 14.2 Å². The molecule has 23 heavy (non-hydrogen) atoms. The third-order valence-electron chi connectivity index (χ3n) is 5.43. The van der Waals surface area contributed by atoms with Gasteiger partial charge in [0.15, 0.2) is 11.6 Å². The highest BCUT2D eigenvalue weighted by Crippen LogP contribution is 2.58. The first-order chi connectivity index (χ1) is 11.0. The fourth-order valence-electron chi connectivity index (χ4n) is 4.51. The highest BCUT2D eigenvalue weighted by atomic mass is 16.7. The number of ether oxygens (including phenoxy) is 3. The third-order valence-corrected chi connectivity index (χ3v) is 5.43. The molecule has 6 nitrogen and oxygen atoms in total. The van der Waals surface area contributed by atoms with Crippen molar-refractivity contribution in [2.45, 2.75) is 38.4 Å². The number of hydrogen-bond acceptors (Lipinski definition) is 6. The van der Waals surface area contributed by atoms with E-state index in [9.17, 15) is 9.59 Å². The van der Waals surface area contributed by atoms with Crippen LogP contribution in [0.3, 0.4) is 0 Å². The van der Waals surface area contributed by atoms with Crippen LogP contribution in [0.15, 0.2) is 11.6 Å². The van der Waals surface area contributed by atoms with E-state index >= 15 is 0 Å². The average molecular weight is 319 g/mol. The smallest absolute Gasteiger partial charge is 0.319 e. The second-order valence-corrected chi connectivity index (χ2v) is 6.54. The summed E-state index contributed by atoms with van der Waals surface area (Å²) < 4.78 is 16.9. The summed E-state index contributed by atoms with van der Waals surface area (Å²) in [4.78, 5) is 25.6. The zero-order valence-electron chi connectivity index (χ0n) is 13.5. The first kappa shape index (κ1) is 16.2. The van der Waals surface area contributed by atoms with E-state index in [0.717, 1.165) is 5.57 Å². The van der Waals surface area contributed by atoms with Crippen molar-refractivity contribution in [3.8, 4) is 6.07 Å². The van der Waals surface area contributed by atoms with Gasteiger partial charge in [-0.05, 0) is 19.8 Å². The van der Waals surface area contributed by atoms with Gasteiger partial charge in [0, 0.05) is 24.7 Å². The molecule has 0 radical (unpaired) electrons. The Labute approximate surface area is 135 Å². The van der Waals surface area contributed by atoms with Crippen molar-refractivity contribution >= 4 is 11.8 Å². The Hall–Kier alpha value is -1.71. The average Bonchev–Trinajstić information content (AvgIpc) is 3.00. The number of nitriles is 1. The second-order valence-electron chi connectivity index (χ2n) is 6.54. The SMILES string of the molecule is COC(=O)C1(CCC#N)C(=O)C[C@@H]2C=C(C)C[C@H]1C21OCCO1. The normalized spacial score (nSPS) is 34.8. The monoisotopic (exact) mass is 319 g/mol. The standard InChI is InChI=1S/C17H21NO5/c1-11-8-12-10-14(19)16(4-3-5-18,15(20)21-2)13(9-11)17(12)22-6-7-23-17/h8,12-13H,3-4,6-7,9-10H2,1-2H3/t12-,13+,16?/m0/s1. The van der Waals surface area contributed by atoms with Crippen molar-refractivity contribution in [1.29, 1.82) is 5.26 Å². The molecule has 3 atom stereocenters. The minimum atomic E-state index is -1.36. The molecule has 0 N–H and O–H groups in total. The molecular formula is C17H21NO5. The topological polar surface area (TPSA) is 85.6 Å². The quantitative estimate of drug-likeness (QED) is 0.447. The van der Waals surface area contributed by atoms with E-state index in [1.54, 1.807) is 0 Å². The third kappa shape index (κ3) is 2.14. The molecular weight excluding hydrogens is 298 g/mol. The Kier molecular flexibility index (Phi) is 4.03. The molecule has 1 unspecified atom stereocenters. The van der Waals surface area contributed by atoms with Crippen molar-refractivity contribution in [1.82, 2.24) is 0 Å². The summed E-state index contributed by atoms with van der Waals surface area (Å²) in [6, 6.07) is 2.05. The van der Waals surface area contributed by atoms with Gasteiger partial charge in [-0.3, -0.25) is 9.59 Å². The number of ketones is 1. The molecule has 0 aromatic carbocycles. The first-order valence-corrected chi connectivity index (χ1v) is 7.95. The summed E-state index contributed by atoms with van der Waals surface area (Å²) in [5.41, 5.74) is -0.247. The number of esters is 1. The number of allylic oxidation sites excluding steroid dienone is 1. The molecule has 3 rings (SSSR count). The van der Waals surface area contributed by atoms with Crippen LogP contribution >= 0.6 is 0 Å². The predicted molar refractivity (Wildman–Crippen MR) is 78.9 cm³/mol. The van der Waals surface area contributed by atoms with Crippen LogP contribution in [0.25, 0.3) is 0 Å². The van der Waals surface area contributed by atoms with Crippen molar-refractivity contribution in [3.05, 3.63) is 11.6 Å². The second kappa shape index (κ2) is 5.73. The molecule has 0 aromatic heterocycles. The Morgan fingerprint density at radius 1 is 1.43 bits per heavy atom. The minimum Gasteiger partial charge on any atom is -0.468 e. The van der Waals surface area contributed by atoms with Crippen LogP contribution in [0.5, 0.6) is 0 Å². The fraction of sp³-hybridized carbons (Fsp3) is 0.706. The lowest BCUT2D eigenvalue weighted by atomic mass is 9.53. The molecule has 1 aliphatic heterocycles. The van der Waals surface area contributed by atoms with E-state index in [4.69, 9.17) is 19.5 Å². The molecule has 1 saturated carbocycles. The molecule has 2 aliphatic carbocycles. The van der Waals surface area contributed by atoms with E-state index in [1.165, 1.54) is 7.11 Å². The lowest BCUT2D eigenvalue weighted by Crippen LogP contribution is -2.64. The molecule has 1 saturated heterocycles. The van der Waals surface area contributed by atoms with Crippen molar-refractivity contribution in [2.75, 3.05) is 20.3 Å². The Bertz CT molecular complexity index is 599. The van der Waals surface area contributed by atoms with Gasteiger partial charge in [-0.25, -0.2) is 0 Å². The number of hydrogen-bond donors (Lipinski definition) is 0. The summed E-state index contributed by atoms with van der Waals surface area (Å²) in [6.07, 6.45) is 3.00. The molecule has 2 fully saturated rings. The van der Waals surface area contributed by atoms with Gasteiger partial charge in [0.05, 0.1) is 26.4 Å². The Morgan fingerprint density at radius 3 is 2.74 bits per heavy atom. The van der Waals surface area contributed by atoms with E-state index in [0.29, 0.717) is 19.6 Å². The highest BCUT2D eigenvalue weighted by Gasteiger charge is 2.68. The van der Waals surface area contributed by atoms with Crippen LogP contribution in [-0.2, 0) is 23.8 Å². The molecule has 1 spiro atoms. The maximum absolute atomic E-state index is 12.9. The molecule has 3 aliphatic rings. The number of Topliss-reactive ketones (excluding diaryl/α,β-unsaturated/α-hetero) is 1. The van der Waals surface area contributed by atoms with Crippen LogP contribution < -0.4 is 0 Å². The number of carbonyl (C=O) groups is 2. The number of rotatable bonds is 3. The zero-order chi connectivity index (χ0) is 16.7. The number of nitrogens with zero attached hydrogens (tertiary/aromatic N) is 1. The number of methoxy groups -OCH3 is 1. The zero-order valence-corrected chi connectivity index (χ0v) is 13.5. The lowest BCUT2D eigenvalue weighted by Gasteiger charge is -2.54. The lowest BCUT2D eigenvalue weighted by molar-refractivity contribution is -0.263. The van der Waals surface area contributed by atoms with Gasteiger partial charge in [0.1, 0.15) is 5.41 Å². The van der Waals surface area contributed by atoms with Crippen molar-refractivity contribution in [3.63, 3.8) is 0 Å². The van der Waals surface area contributed by atoms with Gasteiger partial charge in [0.2, 0.25) is 0 Å². The Balaban J connectivity index is 2.14. The van der Waals surface area contributed by atoms with Crippen molar-refractivity contribution in [2.24, 2.45) is 17.3 Å². The molecule has 6 heteroatoms. The van der Waals surface area contributed by atoms with E-state index < -0.39 is 23.1 Å². The van der Waals surface area contributed by atoms with Crippen LogP contribution in [0.1, 0.15) is 32.6 Å². The summed E-state index contributed by atoms with van der Waals surface area (Å²) in [5, 5.41) is 9.00. The van der Waals surface area contributed by atoms with Gasteiger partial charge in [-0.1, -0.05) is 11.6 Å². The summed E-state index contributed by atoms with van der Waals surface area (Å²) in [6.45, 7) is 2.89. The minimum absolute atomic E-state index is 0.112. The van der Waals surface area contributed by atoms with E-state index in [1.807, 2.05) is 19.1 Å². The number of carbonyl (C=O) groups excluding carboxylic acids is 2. The van der Waals surface area contributed by atoms with Crippen LogP contribution in [0, 0.1) is 28.6 Å². The summed E-state index contributed by atoms with van der Waals surface area (Å²) in [7, 11) is 1.28. The molecule has 1 heterocycles. The Morgan fingerprint density at radius 2 is 2.13 bits per heavy atom. The molecule has 0 aromatic rings. The maximum Gasteiger partial charge on any atom is 0.319 e. The van der Waals surface area contributed by atoms with Gasteiger partial charge in [-0.15, -0.1) is 0 Å². The molecule has 2 bridgehead atoms. The van der Waals surface area contributed by atoms with Gasteiger partial charge >= 0.3 is 5.97 Å². The molecule has 124 valence electrons.